The minimum absolute atomic E-state index is 0.133. The molecule has 0 radical (unpaired) electrons. The molecule has 2 aliphatic heterocycles. The predicted molar refractivity (Wildman–Crippen MR) is 48.7 cm³/mol. The highest BCUT2D eigenvalue weighted by Crippen LogP contribution is 2.16. The van der Waals surface area contributed by atoms with Crippen LogP contribution in [-0.4, -0.2) is 25.0 Å². The average Bonchev–Trinajstić information content (AvgIpc) is 2.63. The summed E-state index contributed by atoms with van der Waals surface area (Å²) in [5.41, 5.74) is 1.15. The summed E-state index contributed by atoms with van der Waals surface area (Å²) < 4.78 is 4.54. The number of ether oxygens (including phenoxy) is 1. The van der Waals surface area contributed by atoms with Crippen LogP contribution < -0.4 is 0 Å². The number of aliphatic imine (C=N–C) groups is 2. The Hall–Kier alpha value is -1.71. The number of fused-ring (bicyclic) bond motifs is 1. The van der Waals surface area contributed by atoms with Crippen molar-refractivity contribution in [2.75, 3.05) is 7.11 Å². The number of carbonyl (C=O) groups excluding carboxylic acids is 1. The summed E-state index contributed by atoms with van der Waals surface area (Å²) >= 11 is 0. The van der Waals surface area contributed by atoms with Crippen molar-refractivity contribution in [3.05, 3.63) is 24.0 Å². The van der Waals surface area contributed by atoms with Crippen molar-refractivity contribution in [3.8, 4) is 0 Å². The zero-order chi connectivity index (χ0) is 9.26. The molecule has 0 saturated carbocycles. The Labute approximate surface area is 75.3 Å². The Morgan fingerprint density at radius 1 is 1.62 bits per heavy atom. The number of nitrogens with zero attached hydrogens (tertiary/aromatic N) is 2. The number of esters is 1. The Morgan fingerprint density at radius 2 is 2.46 bits per heavy atom. The number of hydrogen-bond acceptors (Lipinski definition) is 4. The molecule has 4 heteroatoms. The zero-order valence-electron chi connectivity index (χ0n) is 7.10. The molecule has 66 valence electrons. The van der Waals surface area contributed by atoms with E-state index in [1.165, 1.54) is 7.11 Å². The molecule has 2 heterocycles. The fourth-order valence-corrected chi connectivity index (χ4v) is 1.22. The molecule has 4 nitrogen and oxygen atoms in total. The van der Waals surface area contributed by atoms with Gasteiger partial charge in [-0.2, -0.15) is 0 Å². The van der Waals surface area contributed by atoms with E-state index >= 15 is 0 Å². The number of rotatable bonds is 1. The predicted octanol–water partition coefficient (Wildman–Crippen LogP) is 0.712. The van der Waals surface area contributed by atoms with Crippen molar-refractivity contribution >= 4 is 17.9 Å². The van der Waals surface area contributed by atoms with E-state index in [0.29, 0.717) is 5.70 Å². The molecule has 2 rings (SSSR count). The van der Waals surface area contributed by atoms with Gasteiger partial charge in [0.1, 0.15) is 5.70 Å². The molecule has 0 aromatic heterocycles. The second-order valence-electron chi connectivity index (χ2n) is 2.72. The van der Waals surface area contributed by atoms with Crippen LogP contribution in [0.3, 0.4) is 0 Å². The fourth-order valence-electron chi connectivity index (χ4n) is 1.22. The maximum Gasteiger partial charge on any atom is 0.356 e. The Bertz CT molecular complexity index is 364. The summed E-state index contributed by atoms with van der Waals surface area (Å²) in [7, 11) is 1.33. The Morgan fingerprint density at radius 3 is 3.23 bits per heavy atom. The van der Waals surface area contributed by atoms with Crippen molar-refractivity contribution in [3.63, 3.8) is 0 Å². The first kappa shape index (κ1) is 7.91. The molecular formula is C9H8N2O2. The normalized spacial score (nSPS) is 23.6. The first-order valence-electron chi connectivity index (χ1n) is 3.90. The smallest absolute Gasteiger partial charge is 0.356 e. The molecule has 1 atom stereocenters. The first-order chi connectivity index (χ1) is 6.31. The Balaban J connectivity index is 2.26. The fraction of sp³-hybridized carbons (Fsp3) is 0.222. The molecule has 0 spiro atoms. The third kappa shape index (κ3) is 1.30. The summed E-state index contributed by atoms with van der Waals surface area (Å²) in [4.78, 5) is 19.1. The van der Waals surface area contributed by atoms with Gasteiger partial charge < -0.3 is 4.74 Å². The minimum atomic E-state index is -0.427. The standard InChI is InChI=1S/C9H8N2O2/c1-13-9(12)8-4-7-6(5-11-8)2-3-10-7/h2-6H,1H3/t6-/m0/s1. The lowest BCUT2D eigenvalue weighted by Crippen LogP contribution is -2.16. The van der Waals surface area contributed by atoms with Crippen LogP contribution in [0.4, 0.5) is 0 Å². The molecule has 13 heavy (non-hydrogen) atoms. The minimum Gasteiger partial charge on any atom is -0.464 e. The van der Waals surface area contributed by atoms with Gasteiger partial charge in [0, 0.05) is 12.4 Å². The molecule has 0 aromatic rings. The average molecular weight is 176 g/mol. The molecule has 0 aliphatic carbocycles. The van der Waals surface area contributed by atoms with Crippen LogP contribution in [0, 0.1) is 5.92 Å². The maximum absolute atomic E-state index is 11.1. The number of methoxy groups -OCH3 is 1. The highest BCUT2D eigenvalue weighted by molar-refractivity contribution is 6.14. The van der Waals surface area contributed by atoms with Crippen LogP contribution in [0.5, 0.6) is 0 Å². The van der Waals surface area contributed by atoms with E-state index in [0.717, 1.165) is 5.71 Å². The van der Waals surface area contributed by atoms with E-state index in [4.69, 9.17) is 0 Å². The van der Waals surface area contributed by atoms with Gasteiger partial charge >= 0.3 is 5.97 Å². The monoisotopic (exact) mass is 176 g/mol. The molecular weight excluding hydrogens is 168 g/mol. The second-order valence-corrected chi connectivity index (χ2v) is 2.72. The van der Waals surface area contributed by atoms with E-state index in [2.05, 4.69) is 14.7 Å². The summed E-state index contributed by atoms with van der Waals surface area (Å²) in [5, 5.41) is 0. The van der Waals surface area contributed by atoms with Gasteiger partial charge in [-0.25, -0.2) is 4.79 Å². The third-order valence-electron chi connectivity index (χ3n) is 1.91. The first-order valence-corrected chi connectivity index (χ1v) is 3.90. The van der Waals surface area contributed by atoms with Crippen LogP contribution in [-0.2, 0) is 9.53 Å². The zero-order valence-corrected chi connectivity index (χ0v) is 7.10. The van der Waals surface area contributed by atoms with Crippen molar-refractivity contribution in [2.24, 2.45) is 15.9 Å². The summed E-state index contributed by atoms with van der Waals surface area (Å²) in [5.74, 6) is -0.294. The van der Waals surface area contributed by atoms with Gasteiger partial charge in [-0.05, 0) is 6.08 Å². The molecule has 0 bridgehead atoms. The quantitative estimate of drug-likeness (QED) is 0.552. The molecule has 0 N–H and O–H groups in total. The number of carbonyl (C=O) groups is 1. The molecule has 2 aliphatic rings. The summed E-state index contributed by atoms with van der Waals surface area (Å²) in [6, 6.07) is 0. The molecule has 0 amide bonds. The van der Waals surface area contributed by atoms with Gasteiger partial charge in [0.25, 0.3) is 0 Å². The van der Waals surface area contributed by atoms with Crippen LogP contribution in [0.15, 0.2) is 34.0 Å². The van der Waals surface area contributed by atoms with E-state index in [1.54, 1.807) is 18.5 Å². The Kier molecular flexibility index (Phi) is 1.81. The van der Waals surface area contributed by atoms with E-state index in [9.17, 15) is 4.79 Å². The van der Waals surface area contributed by atoms with Gasteiger partial charge in [-0.15, -0.1) is 0 Å². The van der Waals surface area contributed by atoms with Crippen LogP contribution >= 0.6 is 0 Å². The van der Waals surface area contributed by atoms with Crippen molar-refractivity contribution < 1.29 is 9.53 Å². The highest BCUT2D eigenvalue weighted by Gasteiger charge is 2.20. The SMILES string of the molecule is COC(=O)C1=CC2=NC=C[C@H]2C=N1. The van der Waals surface area contributed by atoms with E-state index in [-0.39, 0.29) is 5.92 Å². The van der Waals surface area contributed by atoms with Crippen molar-refractivity contribution in [1.29, 1.82) is 0 Å². The summed E-state index contributed by atoms with van der Waals surface area (Å²) in [6.07, 6.45) is 6.97. The van der Waals surface area contributed by atoms with Crippen LogP contribution in [0.2, 0.25) is 0 Å². The maximum atomic E-state index is 11.1. The van der Waals surface area contributed by atoms with Gasteiger partial charge in [0.2, 0.25) is 0 Å². The molecule has 0 saturated heterocycles. The van der Waals surface area contributed by atoms with Crippen LogP contribution in [0.25, 0.3) is 0 Å². The van der Waals surface area contributed by atoms with Gasteiger partial charge in [0.15, 0.2) is 0 Å². The molecule has 0 unspecified atom stereocenters. The lowest BCUT2D eigenvalue weighted by atomic mass is 10.0. The number of hydrogen-bond donors (Lipinski definition) is 0. The molecule has 0 aromatic carbocycles. The van der Waals surface area contributed by atoms with Crippen molar-refractivity contribution in [2.45, 2.75) is 0 Å². The van der Waals surface area contributed by atoms with E-state index < -0.39 is 5.97 Å². The van der Waals surface area contributed by atoms with Gasteiger partial charge in [-0.3, -0.25) is 9.98 Å². The van der Waals surface area contributed by atoms with Crippen LogP contribution in [0.1, 0.15) is 0 Å². The van der Waals surface area contributed by atoms with E-state index in [1.807, 2.05) is 6.08 Å². The van der Waals surface area contributed by atoms with Crippen molar-refractivity contribution in [1.82, 2.24) is 0 Å². The van der Waals surface area contributed by atoms with Gasteiger partial charge in [0.05, 0.1) is 18.7 Å². The second kappa shape index (κ2) is 2.97. The van der Waals surface area contributed by atoms with Gasteiger partial charge in [-0.1, -0.05) is 6.08 Å². The topological polar surface area (TPSA) is 51.0 Å². The summed E-state index contributed by atoms with van der Waals surface area (Å²) in [6.45, 7) is 0. The lowest BCUT2D eigenvalue weighted by molar-refractivity contribution is -0.136. The largest absolute Gasteiger partial charge is 0.464 e. The lowest BCUT2D eigenvalue weighted by Gasteiger charge is -2.09. The highest BCUT2D eigenvalue weighted by atomic mass is 16.5. The third-order valence-corrected chi connectivity index (χ3v) is 1.91. The molecule has 0 fully saturated rings. The number of allylic oxidation sites excluding steroid dienone is 2.